The summed E-state index contributed by atoms with van der Waals surface area (Å²) >= 11 is 1.02. The van der Waals surface area contributed by atoms with Crippen molar-refractivity contribution in [2.45, 2.75) is 12.0 Å². The van der Waals surface area contributed by atoms with Crippen molar-refractivity contribution in [3.05, 3.63) is 70.1 Å². The van der Waals surface area contributed by atoms with Crippen molar-refractivity contribution >= 4 is 29.7 Å². The molecule has 2 aromatic carbocycles. The highest BCUT2D eigenvalue weighted by molar-refractivity contribution is 8.00. The number of hydrogen-bond acceptors (Lipinski definition) is 9. The number of amides is 2. The summed E-state index contributed by atoms with van der Waals surface area (Å²) in [7, 11) is 0. The maximum absolute atomic E-state index is 12.8. The lowest BCUT2D eigenvalue weighted by atomic mass is 9.98. The van der Waals surface area contributed by atoms with Crippen molar-refractivity contribution in [3.8, 4) is 11.1 Å². The summed E-state index contributed by atoms with van der Waals surface area (Å²) in [5.74, 6) is -1.77. The molecule has 0 heterocycles. The van der Waals surface area contributed by atoms with Crippen LogP contribution < -0.4 is 10.6 Å². The van der Waals surface area contributed by atoms with Crippen molar-refractivity contribution in [1.82, 2.24) is 10.6 Å². The molecular formula is C28H35N5O8S. The predicted octanol–water partition coefficient (Wildman–Crippen LogP) is 3.19. The third kappa shape index (κ3) is 10.9. The Hall–Kier alpha value is -3.81. The normalized spacial score (nSPS) is 12.5. The molecular weight excluding hydrogens is 566 g/mol. The number of azide groups is 1. The van der Waals surface area contributed by atoms with Gasteiger partial charge in [-0.1, -0.05) is 53.6 Å². The van der Waals surface area contributed by atoms with E-state index in [0.717, 1.165) is 34.0 Å². The van der Waals surface area contributed by atoms with Crippen LogP contribution in [0.1, 0.15) is 17.0 Å². The van der Waals surface area contributed by atoms with Crippen LogP contribution in [0.25, 0.3) is 21.6 Å². The molecule has 0 bridgehead atoms. The molecule has 14 heteroatoms. The van der Waals surface area contributed by atoms with E-state index in [1.54, 1.807) is 0 Å². The van der Waals surface area contributed by atoms with Gasteiger partial charge >= 0.3 is 12.1 Å². The van der Waals surface area contributed by atoms with E-state index in [0.29, 0.717) is 33.0 Å². The third-order valence-electron chi connectivity index (χ3n) is 6.15. The van der Waals surface area contributed by atoms with Crippen LogP contribution in [0.3, 0.4) is 0 Å². The number of benzene rings is 2. The lowest BCUT2D eigenvalue weighted by Crippen LogP contribution is -2.49. The van der Waals surface area contributed by atoms with E-state index in [4.69, 9.17) is 29.6 Å². The van der Waals surface area contributed by atoms with Gasteiger partial charge in [0, 0.05) is 29.7 Å². The summed E-state index contributed by atoms with van der Waals surface area (Å²) in [6.07, 6.45) is -0.761. The van der Waals surface area contributed by atoms with Gasteiger partial charge in [0.15, 0.2) is 0 Å². The van der Waals surface area contributed by atoms with Gasteiger partial charge in [-0.25, -0.2) is 4.79 Å². The number of carboxylic acids is 1. The Morgan fingerprint density at radius 2 is 1.52 bits per heavy atom. The average Bonchev–Trinajstić information content (AvgIpc) is 3.31. The first-order chi connectivity index (χ1) is 20.5. The Labute approximate surface area is 247 Å². The van der Waals surface area contributed by atoms with Gasteiger partial charge in [-0.05, 0) is 27.8 Å². The van der Waals surface area contributed by atoms with E-state index in [1.807, 2.05) is 48.5 Å². The Morgan fingerprint density at radius 3 is 2.14 bits per heavy atom. The second kappa shape index (κ2) is 18.6. The van der Waals surface area contributed by atoms with Gasteiger partial charge in [0.25, 0.3) is 0 Å². The molecule has 3 rings (SSSR count). The van der Waals surface area contributed by atoms with Crippen LogP contribution in [-0.4, -0.2) is 100.0 Å². The molecule has 0 radical (unpaired) electrons. The first-order valence-corrected chi connectivity index (χ1v) is 14.6. The molecule has 3 N–H and O–H groups in total. The molecule has 0 fully saturated rings. The Bertz CT molecular complexity index is 1180. The number of thioether (sulfide) groups is 1. The summed E-state index contributed by atoms with van der Waals surface area (Å²) in [4.78, 5) is 39.1. The number of ether oxygens (including phenoxy) is 4. The van der Waals surface area contributed by atoms with E-state index in [2.05, 4.69) is 20.7 Å². The van der Waals surface area contributed by atoms with E-state index in [-0.39, 0.29) is 43.7 Å². The number of aliphatic carboxylic acids is 1. The number of fused-ring (bicyclic) bond motifs is 3. The summed E-state index contributed by atoms with van der Waals surface area (Å²) in [6, 6.07) is 14.9. The fraction of sp³-hybridized carbons (Fsp3) is 0.464. The minimum Gasteiger partial charge on any atom is -0.481 e. The third-order valence-corrected chi connectivity index (χ3v) is 7.17. The number of nitrogens with zero attached hydrogens (tertiary/aromatic N) is 3. The fourth-order valence-corrected chi connectivity index (χ4v) is 5.05. The number of hydrogen-bond donors (Lipinski definition) is 3. The van der Waals surface area contributed by atoms with Gasteiger partial charge in [-0.2, -0.15) is 0 Å². The molecule has 2 amide bonds. The second-order valence-corrected chi connectivity index (χ2v) is 10.0. The number of carbonyl (C=O) groups excluding carboxylic acids is 2. The first kappa shape index (κ1) is 32.7. The van der Waals surface area contributed by atoms with Crippen LogP contribution in [-0.2, 0) is 28.5 Å². The molecule has 0 saturated carbocycles. The van der Waals surface area contributed by atoms with Gasteiger partial charge < -0.3 is 34.7 Å². The molecule has 0 aromatic heterocycles. The van der Waals surface area contributed by atoms with Crippen LogP contribution in [0.4, 0.5) is 4.79 Å². The maximum Gasteiger partial charge on any atom is 0.407 e. The topological polar surface area (TPSA) is 181 Å². The molecule has 42 heavy (non-hydrogen) atoms. The highest BCUT2D eigenvalue weighted by atomic mass is 32.2. The standard InChI is InChI=1S/C28H35N5O8S/c29-33-31-10-12-39-14-16-40-15-13-38-11-9-30-27(36)25(18-42-19-26(34)35)32-28(37)41-17-24-22-7-3-1-5-20(22)21-6-2-4-8-23(21)24/h1-8,24-25H,9-19H2,(H,30,36)(H,32,37)(H,34,35)/t25-/m0/s1. The highest BCUT2D eigenvalue weighted by Crippen LogP contribution is 2.44. The van der Waals surface area contributed by atoms with Crippen molar-refractivity contribution in [2.75, 3.05) is 70.8 Å². The number of nitrogens with one attached hydrogen (secondary N) is 2. The van der Waals surface area contributed by atoms with E-state index in [9.17, 15) is 14.4 Å². The van der Waals surface area contributed by atoms with Gasteiger partial charge in [0.05, 0.1) is 45.4 Å². The SMILES string of the molecule is [N-]=[N+]=NCCOCCOCCOCCNC(=O)[C@H](CSCC(=O)O)NC(=O)OCC1c2ccccc2-c2ccccc21. The van der Waals surface area contributed by atoms with Crippen molar-refractivity contribution in [1.29, 1.82) is 0 Å². The predicted molar refractivity (Wildman–Crippen MR) is 156 cm³/mol. The molecule has 226 valence electrons. The van der Waals surface area contributed by atoms with Crippen LogP contribution in [0.2, 0.25) is 0 Å². The molecule has 0 saturated heterocycles. The van der Waals surface area contributed by atoms with E-state index in [1.165, 1.54) is 0 Å². The monoisotopic (exact) mass is 601 g/mol. The number of carboxylic acid groups (broad SMARTS) is 1. The number of carbonyl (C=O) groups is 3. The minimum atomic E-state index is -1.02. The maximum atomic E-state index is 12.8. The van der Waals surface area contributed by atoms with Gasteiger partial charge in [0.2, 0.25) is 5.91 Å². The van der Waals surface area contributed by atoms with Gasteiger partial charge in [-0.3, -0.25) is 9.59 Å². The second-order valence-electron chi connectivity index (χ2n) is 9.01. The van der Waals surface area contributed by atoms with Crippen molar-refractivity contribution < 1.29 is 38.4 Å². The number of alkyl carbamates (subject to hydrolysis) is 1. The summed E-state index contributed by atoms with van der Waals surface area (Å²) in [6.45, 7) is 2.49. The summed E-state index contributed by atoms with van der Waals surface area (Å²) in [5.41, 5.74) is 12.5. The van der Waals surface area contributed by atoms with E-state index >= 15 is 0 Å². The van der Waals surface area contributed by atoms with Crippen molar-refractivity contribution in [3.63, 3.8) is 0 Å². The first-order valence-electron chi connectivity index (χ1n) is 13.4. The molecule has 2 aromatic rings. The molecule has 0 unspecified atom stereocenters. The molecule has 13 nitrogen and oxygen atoms in total. The zero-order valence-corrected chi connectivity index (χ0v) is 23.9. The molecule has 1 aliphatic rings. The molecule has 0 aliphatic heterocycles. The largest absolute Gasteiger partial charge is 0.481 e. The fourth-order valence-electron chi connectivity index (χ4n) is 4.29. The zero-order valence-electron chi connectivity index (χ0n) is 23.1. The lowest BCUT2D eigenvalue weighted by Gasteiger charge is -2.19. The van der Waals surface area contributed by atoms with Crippen molar-refractivity contribution in [2.24, 2.45) is 5.11 Å². The van der Waals surface area contributed by atoms with Crippen LogP contribution in [0.5, 0.6) is 0 Å². The van der Waals surface area contributed by atoms with Gasteiger partial charge in [0.1, 0.15) is 12.6 Å². The smallest absolute Gasteiger partial charge is 0.407 e. The van der Waals surface area contributed by atoms with Crippen LogP contribution in [0, 0.1) is 0 Å². The van der Waals surface area contributed by atoms with Crippen LogP contribution in [0.15, 0.2) is 53.6 Å². The number of rotatable bonds is 20. The molecule has 0 spiro atoms. The minimum absolute atomic E-state index is 0.0575. The Balaban J connectivity index is 1.39. The van der Waals surface area contributed by atoms with Gasteiger partial charge in [-0.15, -0.1) is 11.8 Å². The molecule has 1 atom stereocenters. The average molecular weight is 602 g/mol. The highest BCUT2D eigenvalue weighted by Gasteiger charge is 2.29. The summed E-state index contributed by atoms with van der Waals surface area (Å²) < 4.78 is 21.6. The van der Waals surface area contributed by atoms with Crippen LogP contribution >= 0.6 is 11.8 Å². The molecule has 1 aliphatic carbocycles. The quantitative estimate of drug-likeness (QED) is 0.0888. The Kier molecular flexibility index (Phi) is 14.5. The Morgan fingerprint density at radius 1 is 0.929 bits per heavy atom. The van der Waals surface area contributed by atoms with E-state index < -0.39 is 24.0 Å². The zero-order chi connectivity index (χ0) is 30.0. The lowest BCUT2D eigenvalue weighted by molar-refractivity contribution is -0.134. The summed E-state index contributed by atoms with van der Waals surface area (Å²) in [5, 5.41) is 17.6.